The van der Waals surface area contributed by atoms with E-state index in [9.17, 15) is 4.79 Å². The number of pyridine rings is 1. The number of nitrogens with zero attached hydrogens (tertiary/aromatic N) is 2. The van der Waals surface area contributed by atoms with Gasteiger partial charge in [-0.1, -0.05) is 24.3 Å². The van der Waals surface area contributed by atoms with E-state index in [1.54, 1.807) is 19.4 Å². The topological polar surface area (TPSA) is 77.7 Å². The van der Waals surface area contributed by atoms with Crippen molar-refractivity contribution in [1.82, 2.24) is 9.88 Å². The highest BCUT2D eigenvalue weighted by molar-refractivity contribution is 5.95. The number of anilines is 1. The van der Waals surface area contributed by atoms with Crippen molar-refractivity contribution in [2.45, 2.75) is 11.8 Å². The van der Waals surface area contributed by atoms with Gasteiger partial charge in [0.2, 0.25) is 0 Å². The number of carbonyl (C=O) groups excluding carboxylic acids is 1. The normalized spacial score (nSPS) is 23.9. The van der Waals surface area contributed by atoms with Gasteiger partial charge in [-0.25, -0.2) is 9.78 Å². The molecule has 1 saturated carbocycles. The molecule has 2 aliphatic rings. The zero-order valence-corrected chi connectivity index (χ0v) is 15.8. The molecule has 0 bridgehead atoms. The molecule has 4 rings (SSSR count). The minimum absolute atomic E-state index is 0.184. The van der Waals surface area contributed by atoms with E-state index in [1.807, 2.05) is 0 Å². The van der Waals surface area contributed by atoms with Crippen LogP contribution in [-0.2, 0) is 14.9 Å². The second-order valence-electron chi connectivity index (χ2n) is 7.51. The van der Waals surface area contributed by atoms with E-state index in [1.165, 1.54) is 19.1 Å². The van der Waals surface area contributed by atoms with Crippen LogP contribution in [0.3, 0.4) is 0 Å². The molecule has 2 heterocycles. The van der Waals surface area contributed by atoms with Gasteiger partial charge in [0.05, 0.1) is 13.7 Å². The number of nitrogens with two attached hydrogens (primary N) is 1. The predicted molar refractivity (Wildman–Crippen MR) is 104 cm³/mol. The molecule has 0 spiro atoms. The second-order valence-corrected chi connectivity index (χ2v) is 7.51. The fourth-order valence-electron chi connectivity index (χ4n) is 4.33. The largest absolute Gasteiger partial charge is 0.465 e. The Bertz CT molecular complexity index is 852. The van der Waals surface area contributed by atoms with Crippen molar-refractivity contribution in [2.75, 3.05) is 46.2 Å². The summed E-state index contributed by atoms with van der Waals surface area (Å²) in [6.07, 6.45) is 2.96. The lowest BCUT2D eigenvalue weighted by Crippen LogP contribution is -2.29. The highest BCUT2D eigenvalue weighted by atomic mass is 16.5. The zero-order chi connectivity index (χ0) is 19.0. The summed E-state index contributed by atoms with van der Waals surface area (Å²) in [6.45, 7) is 4.06. The number of nitrogen functional groups attached to an aromatic ring is 1. The first kappa shape index (κ1) is 17.9. The summed E-state index contributed by atoms with van der Waals surface area (Å²) in [5.74, 6) is 0.466. The molecule has 27 heavy (non-hydrogen) atoms. The van der Waals surface area contributed by atoms with Crippen LogP contribution in [0.4, 0.5) is 5.82 Å². The van der Waals surface area contributed by atoms with Gasteiger partial charge < -0.3 is 15.2 Å². The maximum atomic E-state index is 11.8. The van der Waals surface area contributed by atoms with E-state index in [4.69, 9.17) is 15.2 Å². The van der Waals surface area contributed by atoms with Crippen LogP contribution in [0.25, 0.3) is 11.1 Å². The molecule has 2 N–H and O–H groups in total. The Hall–Kier alpha value is -2.44. The SMILES string of the molecule is COCCN1C[C@@H]2C[C@]2(c2ccc(-c3cnc(N)c(C(=O)OC)c3)cc2)C1. The summed E-state index contributed by atoms with van der Waals surface area (Å²) in [4.78, 5) is 18.5. The van der Waals surface area contributed by atoms with E-state index in [2.05, 4.69) is 34.1 Å². The molecule has 1 aliphatic carbocycles. The van der Waals surface area contributed by atoms with Crippen LogP contribution in [0.2, 0.25) is 0 Å². The third-order valence-corrected chi connectivity index (χ3v) is 5.94. The molecule has 1 aliphatic heterocycles. The molecule has 0 radical (unpaired) electrons. The van der Waals surface area contributed by atoms with Gasteiger partial charge in [-0.3, -0.25) is 4.90 Å². The van der Waals surface area contributed by atoms with Crippen LogP contribution >= 0.6 is 0 Å². The molecule has 6 heteroatoms. The Labute approximate surface area is 159 Å². The standard InChI is InChI=1S/C21H25N3O3/c1-26-8-7-24-12-17-10-21(17,13-24)16-5-3-14(4-6-16)15-9-18(20(25)27-2)19(22)23-11-15/h3-6,9,11,17H,7-8,10,12-13H2,1-2H3,(H2,22,23)/t17-,21+/m0/s1. The Morgan fingerprint density at radius 3 is 2.78 bits per heavy atom. The third kappa shape index (κ3) is 3.19. The van der Waals surface area contributed by atoms with Gasteiger partial charge >= 0.3 is 5.97 Å². The average Bonchev–Trinajstić information content (AvgIpc) is 3.28. The lowest BCUT2D eigenvalue weighted by Gasteiger charge is -2.20. The monoisotopic (exact) mass is 367 g/mol. The smallest absolute Gasteiger partial charge is 0.341 e. The predicted octanol–water partition coefficient (Wildman–Crippen LogP) is 2.34. The molecule has 2 atom stereocenters. The molecule has 0 unspecified atom stereocenters. The highest BCUT2D eigenvalue weighted by Crippen LogP contribution is 2.59. The summed E-state index contributed by atoms with van der Waals surface area (Å²) in [7, 11) is 3.09. The number of ether oxygens (including phenoxy) is 2. The van der Waals surface area contributed by atoms with E-state index < -0.39 is 5.97 Å². The number of piperidine rings is 1. The number of methoxy groups -OCH3 is 2. The lowest BCUT2D eigenvalue weighted by molar-refractivity contribution is 0.0601. The Morgan fingerprint density at radius 1 is 1.30 bits per heavy atom. The zero-order valence-electron chi connectivity index (χ0n) is 15.8. The number of hydrogen-bond acceptors (Lipinski definition) is 6. The van der Waals surface area contributed by atoms with Gasteiger partial charge in [-0.2, -0.15) is 0 Å². The number of likely N-dealkylation sites (tertiary alicyclic amines) is 1. The van der Waals surface area contributed by atoms with Gasteiger partial charge in [-0.15, -0.1) is 0 Å². The van der Waals surface area contributed by atoms with E-state index in [0.29, 0.717) is 11.0 Å². The van der Waals surface area contributed by atoms with Crippen molar-refractivity contribution >= 4 is 11.8 Å². The maximum Gasteiger partial charge on any atom is 0.341 e. The Kier molecular flexibility index (Phi) is 4.61. The molecule has 1 aromatic heterocycles. The van der Waals surface area contributed by atoms with Crippen molar-refractivity contribution in [2.24, 2.45) is 5.92 Å². The first-order valence-corrected chi connectivity index (χ1v) is 9.23. The summed E-state index contributed by atoms with van der Waals surface area (Å²) in [5.41, 5.74) is 9.67. The maximum absolute atomic E-state index is 11.8. The van der Waals surface area contributed by atoms with Crippen molar-refractivity contribution in [3.05, 3.63) is 47.7 Å². The molecular formula is C21H25N3O3. The molecule has 1 saturated heterocycles. The molecule has 2 fully saturated rings. The summed E-state index contributed by atoms with van der Waals surface area (Å²) < 4.78 is 9.99. The number of carbonyl (C=O) groups is 1. The van der Waals surface area contributed by atoms with Crippen LogP contribution in [-0.4, -0.2) is 56.3 Å². The van der Waals surface area contributed by atoms with Crippen LogP contribution < -0.4 is 5.73 Å². The molecule has 2 aromatic rings. The van der Waals surface area contributed by atoms with Gasteiger partial charge in [0, 0.05) is 43.9 Å². The number of hydrogen-bond donors (Lipinski definition) is 1. The number of aromatic nitrogens is 1. The van der Waals surface area contributed by atoms with E-state index in [-0.39, 0.29) is 5.82 Å². The summed E-state index contributed by atoms with van der Waals surface area (Å²) in [6, 6.07) is 10.4. The molecule has 0 amide bonds. The first-order chi connectivity index (χ1) is 13.1. The van der Waals surface area contributed by atoms with Gasteiger partial charge in [0.1, 0.15) is 11.4 Å². The quantitative estimate of drug-likeness (QED) is 0.790. The summed E-state index contributed by atoms with van der Waals surface area (Å²) >= 11 is 0. The molecule has 142 valence electrons. The number of benzene rings is 1. The van der Waals surface area contributed by atoms with Crippen LogP contribution in [0.5, 0.6) is 0 Å². The van der Waals surface area contributed by atoms with Crippen molar-refractivity contribution in [3.63, 3.8) is 0 Å². The highest BCUT2D eigenvalue weighted by Gasteiger charge is 2.60. The molecular weight excluding hydrogens is 342 g/mol. The minimum atomic E-state index is -0.472. The van der Waals surface area contributed by atoms with Crippen LogP contribution in [0.1, 0.15) is 22.3 Å². The Morgan fingerprint density at radius 2 is 2.07 bits per heavy atom. The lowest BCUT2D eigenvalue weighted by atomic mass is 9.93. The van der Waals surface area contributed by atoms with E-state index >= 15 is 0 Å². The molecule has 6 nitrogen and oxygen atoms in total. The van der Waals surface area contributed by atoms with Gasteiger partial charge in [-0.05, 0) is 29.5 Å². The van der Waals surface area contributed by atoms with Crippen LogP contribution in [0.15, 0.2) is 36.5 Å². The van der Waals surface area contributed by atoms with Crippen molar-refractivity contribution in [1.29, 1.82) is 0 Å². The fraction of sp³-hybridized carbons (Fsp3) is 0.429. The number of rotatable bonds is 6. The van der Waals surface area contributed by atoms with Crippen molar-refractivity contribution < 1.29 is 14.3 Å². The van der Waals surface area contributed by atoms with Gasteiger partial charge in [0.25, 0.3) is 0 Å². The third-order valence-electron chi connectivity index (χ3n) is 5.94. The first-order valence-electron chi connectivity index (χ1n) is 9.23. The Balaban J connectivity index is 1.53. The summed E-state index contributed by atoms with van der Waals surface area (Å²) in [5, 5.41) is 0. The fourth-order valence-corrected chi connectivity index (χ4v) is 4.33. The van der Waals surface area contributed by atoms with Crippen molar-refractivity contribution in [3.8, 4) is 11.1 Å². The average molecular weight is 367 g/mol. The number of fused-ring (bicyclic) bond motifs is 1. The minimum Gasteiger partial charge on any atom is -0.465 e. The van der Waals surface area contributed by atoms with Gasteiger partial charge in [0.15, 0.2) is 0 Å². The van der Waals surface area contributed by atoms with Crippen LogP contribution in [0, 0.1) is 5.92 Å². The molecule has 1 aromatic carbocycles. The second kappa shape index (κ2) is 6.94. The van der Waals surface area contributed by atoms with E-state index in [0.717, 1.165) is 43.3 Å². The number of esters is 1.